The van der Waals surface area contributed by atoms with E-state index in [-0.39, 0.29) is 5.91 Å². The van der Waals surface area contributed by atoms with Crippen molar-refractivity contribution in [2.24, 2.45) is 0 Å². The molecule has 1 aromatic carbocycles. The summed E-state index contributed by atoms with van der Waals surface area (Å²) < 4.78 is 0. The summed E-state index contributed by atoms with van der Waals surface area (Å²) >= 11 is 12.1. The van der Waals surface area contributed by atoms with Crippen molar-refractivity contribution in [3.05, 3.63) is 45.7 Å². The van der Waals surface area contributed by atoms with Crippen LogP contribution in [0.15, 0.2) is 24.3 Å². The molecule has 2 N–H and O–H groups in total. The lowest BCUT2D eigenvalue weighted by Crippen LogP contribution is -2.25. The number of carbonyl (C=O) groups excluding carboxylic acids is 1. The lowest BCUT2D eigenvalue weighted by atomic mass is 10.3. The molecule has 22 heavy (non-hydrogen) atoms. The third-order valence-electron chi connectivity index (χ3n) is 2.82. The molecule has 0 saturated carbocycles. The van der Waals surface area contributed by atoms with Gasteiger partial charge in [0, 0.05) is 12.2 Å². The highest BCUT2D eigenvalue weighted by atomic mass is 35.5. The Morgan fingerprint density at radius 3 is 2.77 bits per heavy atom. The van der Waals surface area contributed by atoms with Crippen molar-refractivity contribution in [3.8, 4) is 0 Å². The second-order valence-corrected chi connectivity index (χ2v) is 5.49. The molecule has 0 radical (unpaired) electrons. The number of aromatic nitrogens is 2. The van der Waals surface area contributed by atoms with Gasteiger partial charge in [-0.3, -0.25) is 4.79 Å². The minimum atomic E-state index is -0.229. The van der Waals surface area contributed by atoms with Crippen molar-refractivity contribution in [3.63, 3.8) is 0 Å². The molecule has 1 heterocycles. The Balaban J connectivity index is 2.26. The maximum absolute atomic E-state index is 12.0. The maximum atomic E-state index is 12.0. The van der Waals surface area contributed by atoms with Crippen LogP contribution in [0, 0.1) is 6.92 Å². The summed E-state index contributed by atoms with van der Waals surface area (Å²) in [6.45, 7) is 4.38. The quantitative estimate of drug-likeness (QED) is 0.865. The van der Waals surface area contributed by atoms with Gasteiger partial charge in [-0.25, -0.2) is 9.97 Å². The van der Waals surface area contributed by atoms with Crippen LogP contribution in [0.1, 0.15) is 29.5 Å². The van der Waals surface area contributed by atoms with Crippen molar-refractivity contribution in [2.75, 3.05) is 11.9 Å². The molecule has 116 valence electrons. The van der Waals surface area contributed by atoms with Crippen LogP contribution in [0.3, 0.4) is 0 Å². The van der Waals surface area contributed by atoms with Gasteiger partial charge in [-0.2, -0.15) is 0 Å². The molecule has 0 aliphatic rings. The van der Waals surface area contributed by atoms with E-state index in [9.17, 15) is 4.79 Å². The molecule has 7 heteroatoms. The number of nitrogens with one attached hydrogen (secondary N) is 2. The van der Waals surface area contributed by atoms with Gasteiger partial charge >= 0.3 is 0 Å². The van der Waals surface area contributed by atoms with E-state index in [1.54, 1.807) is 31.2 Å². The Labute approximate surface area is 139 Å². The van der Waals surface area contributed by atoms with E-state index in [1.807, 2.05) is 6.92 Å². The van der Waals surface area contributed by atoms with Gasteiger partial charge in [0.15, 0.2) is 0 Å². The fraction of sp³-hybridized carbons (Fsp3) is 0.267. The summed E-state index contributed by atoms with van der Waals surface area (Å²) in [4.78, 5) is 20.5. The number of carbonyl (C=O) groups is 1. The Morgan fingerprint density at radius 2 is 2.05 bits per heavy atom. The molecule has 1 amide bonds. The molecule has 2 rings (SSSR count). The number of amides is 1. The van der Waals surface area contributed by atoms with Crippen molar-refractivity contribution in [2.45, 2.75) is 20.3 Å². The van der Waals surface area contributed by atoms with E-state index < -0.39 is 0 Å². The summed E-state index contributed by atoms with van der Waals surface area (Å²) in [7, 11) is 0. The van der Waals surface area contributed by atoms with Crippen LogP contribution in [0.4, 0.5) is 11.6 Å². The lowest BCUT2D eigenvalue weighted by molar-refractivity contribution is 0.0948. The van der Waals surface area contributed by atoms with Crippen molar-refractivity contribution >= 4 is 40.7 Å². The average Bonchev–Trinajstić information content (AvgIpc) is 2.49. The zero-order valence-corrected chi connectivity index (χ0v) is 13.8. The first kappa shape index (κ1) is 16.5. The number of halogens is 2. The third kappa shape index (κ3) is 4.08. The summed E-state index contributed by atoms with van der Waals surface area (Å²) in [5.41, 5.74) is 1.57. The van der Waals surface area contributed by atoms with E-state index in [0.717, 1.165) is 6.42 Å². The first-order chi connectivity index (χ1) is 10.5. The number of nitrogens with zero attached hydrogens (tertiary/aromatic N) is 2. The number of aryl methyl sites for hydroxylation is 1. The molecule has 0 fully saturated rings. The standard InChI is InChI=1S/C15H16Cl2N4O/c1-3-7-18-14(22)12-8-9(2)19-15(21-12)20-11-6-4-5-10(16)13(11)17/h4-6,8H,3,7H2,1-2H3,(H,18,22)(H,19,20,21). The predicted octanol–water partition coefficient (Wildman–Crippen LogP) is 3.98. The minimum absolute atomic E-state index is 0.229. The molecule has 0 spiro atoms. The Kier molecular flexibility index (Phi) is 5.57. The average molecular weight is 339 g/mol. The van der Waals surface area contributed by atoms with Crippen LogP contribution in [0.5, 0.6) is 0 Å². The molecule has 0 aliphatic carbocycles. The summed E-state index contributed by atoms with van der Waals surface area (Å²) in [6.07, 6.45) is 0.860. The maximum Gasteiger partial charge on any atom is 0.270 e. The third-order valence-corrected chi connectivity index (χ3v) is 3.64. The smallest absolute Gasteiger partial charge is 0.270 e. The van der Waals surface area contributed by atoms with Gasteiger partial charge in [-0.05, 0) is 31.5 Å². The first-order valence-corrected chi connectivity index (χ1v) is 7.61. The molecular formula is C15H16Cl2N4O. The number of rotatable bonds is 5. The topological polar surface area (TPSA) is 66.9 Å². The normalized spacial score (nSPS) is 10.4. The molecule has 2 aromatic rings. The van der Waals surface area contributed by atoms with Crippen LogP contribution in [0.25, 0.3) is 0 Å². The highest BCUT2D eigenvalue weighted by Gasteiger charge is 2.11. The van der Waals surface area contributed by atoms with Gasteiger partial charge in [-0.15, -0.1) is 0 Å². The molecule has 0 atom stereocenters. The van der Waals surface area contributed by atoms with E-state index in [2.05, 4.69) is 20.6 Å². The predicted molar refractivity (Wildman–Crippen MR) is 89.1 cm³/mol. The van der Waals surface area contributed by atoms with Gasteiger partial charge < -0.3 is 10.6 Å². The summed E-state index contributed by atoms with van der Waals surface area (Å²) in [5, 5.41) is 6.58. The molecule has 0 bridgehead atoms. The monoisotopic (exact) mass is 338 g/mol. The second-order valence-electron chi connectivity index (χ2n) is 4.70. The van der Waals surface area contributed by atoms with Crippen LogP contribution >= 0.6 is 23.2 Å². The lowest BCUT2D eigenvalue weighted by Gasteiger charge is -2.10. The van der Waals surface area contributed by atoms with Gasteiger partial charge in [0.05, 0.1) is 15.7 Å². The van der Waals surface area contributed by atoms with E-state index >= 15 is 0 Å². The van der Waals surface area contributed by atoms with Gasteiger partial charge in [-0.1, -0.05) is 36.2 Å². The van der Waals surface area contributed by atoms with Gasteiger partial charge in [0.2, 0.25) is 5.95 Å². The number of hydrogen-bond acceptors (Lipinski definition) is 4. The molecular weight excluding hydrogens is 323 g/mol. The van der Waals surface area contributed by atoms with Crippen LogP contribution < -0.4 is 10.6 Å². The fourth-order valence-electron chi connectivity index (χ4n) is 1.79. The highest BCUT2D eigenvalue weighted by Crippen LogP contribution is 2.30. The summed E-state index contributed by atoms with van der Waals surface area (Å²) in [6, 6.07) is 6.85. The zero-order valence-electron chi connectivity index (χ0n) is 12.3. The van der Waals surface area contributed by atoms with Gasteiger partial charge in [0.1, 0.15) is 5.69 Å². The van der Waals surface area contributed by atoms with E-state index in [4.69, 9.17) is 23.2 Å². The van der Waals surface area contributed by atoms with E-state index in [0.29, 0.717) is 39.6 Å². The molecule has 5 nitrogen and oxygen atoms in total. The van der Waals surface area contributed by atoms with Crippen LogP contribution in [-0.4, -0.2) is 22.4 Å². The Hall–Kier alpha value is -1.85. The minimum Gasteiger partial charge on any atom is -0.351 e. The van der Waals surface area contributed by atoms with Crippen molar-refractivity contribution in [1.82, 2.24) is 15.3 Å². The summed E-state index contributed by atoms with van der Waals surface area (Å²) in [5.74, 6) is 0.0680. The SMILES string of the molecule is CCCNC(=O)c1cc(C)nc(Nc2cccc(Cl)c2Cl)n1. The first-order valence-electron chi connectivity index (χ1n) is 6.86. The van der Waals surface area contributed by atoms with Crippen LogP contribution in [-0.2, 0) is 0 Å². The number of benzene rings is 1. The highest BCUT2D eigenvalue weighted by molar-refractivity contribution is 6.43. The molecule has 0 aliphatic heterocycles. The number of hydrogen-bond donors (Lipinski definition) is 2. The Morgan fingerprint density at radius 1 is 1.27 bits per heavy atom. The largest absolute Gasteiger partial charge is 0.351 e. The van der Waals surface area contributed by atoms with Gasteiger partial charge in [0.25, 0.3) is 5.91 Å². The van der Waals surface area contributed by atoms with Crippen molar-refractivity contribution in [1.29, 1.82) is 0 Å². The zero-order chi connectivity index (χ0) is 16.1. The fourth-order valence-corrected chi connectivity index (χ4v) is 2.14. The van der Waals surface area contributed by atoms with E-state index in [1.165, 1.54) is 0 Å². The molecule has 0 saturated heterocycles. The molecule has 1 aromatic heterocycles. The second kappa shape index (κ2) is 7.42. The van der Waals surface area contributed by atoms with Crippen molar-refractivity contribution < 1.29 is 4.79 Å². The Bertz CT molecular complexity index is 691. The van der Waals surface area contributed by atoms with Crippen LogP contribution in [0.2, 0.25) is 10.0 Å². The number of anilines is 2. The molecule has 0 unspecified atom stereocenters.